The molecule has 0 spiro atoms. The number of nitrogens with zero attached hydrogens (tertiary/aromatic N) is 2. The molecule has 0 N–H and O–H groups in total. The van der Waals surface area contributed by atoms with E-state index in [0.29, 0.717) is 0 Å². The Morgan fingerprint density at radius 2 is 1.81 bits per heavy atom. The summed E-state index contributed by atoms with van der Waals surface area (Å²) in [6.45, 7) is 0. The second kappa shape index (κ2) is 4.98. The summed E-state index contributed by atoms with van der Waals surface area (Å²) in [6, 6.07) is 10.4. The quantitative estimate of drug-likeness (QED) is 0.600. The van der Waals surface area contributed by atoms with Gasteiger partial charge in [0, 0.05) is 23.2 Å². The van der Waals surface area contributed by atoms with Crippen molar-refractivity contribution in [2.24, 2.45) is 0 Å². The largest absolute Gasteiger partial charge is 0.254 e. The molecule has 2 heterocycles. The number of fused-ring (bicyclic) bond motifs is 3. The second-order valence-electron chi connectivity index (χ2n) is 5.08. The Morgan fingerprint density at radius 1 is 0.857 bits per heavy atom. The lowest BCUT2D eigenvalue weighted by molar-refractivity contribution is 1.37. The third-order valence-electron chi connectivity index (χ3n) is 3.78. The summed E-state index contributed by atoms with van der Waals surface area (Å²) in [5.74, 6) is 0. The lowest BCUT2D eigenvalue weighted by Gasteiger charge is -2.08. The predicted molar refractivity (Wildman–Crippen MR) is 87.9 cm³/mol. The molecule has 2 nitrogen and oxygen atoms in total. The number of pyridine rings is 2. The van der Waals surface area contributed by atoms with Crippen LogP contribution in [0.4, 0.5) is 0 Å². The highest BCUT2D eigenvalue weighted by molar-refractivity contribution is 6.07. The number of hydrogen-bond acceptors (Lipinski definition) is 2. The summed E-state index contributed by atoms with van der Waals surface area (Å²) >= 11 is 0. The molecule has 0 unspecified atom stereocenters. The van der Waals surface area contributed by atoms with Crippen LogP contribution in [0.25, 0.3) is 27.4 Å². The molecular formula is C19H14N2. The minimum Gasteiger partial charge on any atom is -0.254 e. The van der Waals surface area contributed by atoms with Gasteiger partial charge >= 0.3 is 0 Å². The van der Waals surface area contributed by atoms with E-state index < -0.39 is 0 Å². The lowest BCUT2D eigenvalue weighted by Crippen LogP contribution is -1.89. The van der Waals surface area contributed by atoms with E-state index in [9.17, 15) is 0 Å². The van der Waals surface area contributed by atoms with Crippen molar-refractivity contribution in [2.75, 3.05) is 0 Å². The molecule has 4 rings (SSSR count). The first kappa shape index (κ1) is 12.0. The van der Waals surface area contributed by atoms with Crippen LogP contribution in [-0.2, 0) is 0 Å². The molecule has 1 aliphatic carbocycles. The van der Waals surface area contributed by atoms with Crippen molar-refractivity contribution in [3.63, 3.8) is 0 Å². The number of hydrogen-bond donors (Lipinski definition) is 0. The van der Waals surface area contributed by atoms with Crippen LogP contribution in [0.5, 0.6) is 0 Å². The van der Waals surface area contributed by atoms with Crippen LogP contribution >= 0.6 is 0 Å². The zero-order valence-electron chi connectivity index (χ0n) is 11.5. The molecule has 0 radical (unpaired) electrons. The number of benzene rings is 1. The minimum absolute atomic E-state index is 0.964. The highest BCUT2D eigenvalue weighted by atomic mass is 14.7. The Morgan fingerprint density at radius 3 is 2.81 bits per heavy atom. The Kier molecular flexibility index (Phi) is 2.86. The van der Waals surface area contributed by atoms with Gasteiger partial charge in [0.05, 0.1) is 11.0 Å². The topological polar surface area (TPSA) is 25.8 Å². The summed E-state index contributed by atoms with van der Waals surface area (Å²) in [6.07, 6.45) is 15.5. The van der Waals surface area contributed by atoms with Crippen molar-refractivity contribution in [1.29, 1.82) is 0 Å². The first-order valence-corrected chi connectivity index (χ1v) is 7.10. The van der Waals surface area contributed by atoms with E-state index in [1.54, 1.807) is 0 Å². The summed E-state index contributed by atoms with van der Waals surface area (Å²) in [7, 11) is 0. The number of allylic oxidation sites excluding steroid dienone is 6. The van der Waals surface area contributed by atoms with Gasteiger partial charge in [0.15, 0.2) is 0 Å². The molecule has 0 atom stereocenters. The molecule has 2 aromatic heterocycles. The molecule has 0 saturated carbocycles. The van der Waals surface area contributed by atoms with Gasteiger partial charge in [-0.3, -0.25) is 9.97 Å². The molecule has 2 heteroatoms. The molecule has 0 saturated heterocycles. The van der Waals surface area contributed by atoms with Gasteiger partial charge in [-0.25, -0.2) is 0 Å². The van der Waals surface area contributed by atoms with Crippen molar-refractivity contribution < 1.29 is 0 Å². The van der Waals surface area contributed by atoms with E-state index in [4.69, 9.17) is 0 Å². The second-order valence-corrected chi connectivity index (χ2v) is 5.08. The molecule has 0 bridgehead atoms. The standard InChI is InChI=1S/C19H14N2/c1-2-4-7-14(6-3-1)16-11-13-21-19-17(16)10-9-15-8-5-12-20-18(15)19/h1,3-13H,2H2. The predicted octanol–water partition coefficient (Wildman–Crippen LogP) is 4.68. The first-order chi connectivity index (χ1) is 10.4. The van der Waals surface area contributed by atoms with Crippen molar-refractivity contribution in [1.82, 2.24) is 9.97 Å². The molecule has 0 aliphatic heterocycles. The maximum absolute atomic E-state index is 4.56. The summed E-state index contributed by atoms with van der Waals surface area (Å²) in [5, 5.41) is 2.27. The molecular weight excluding hydrogens is 256 g/mol. The highest BCUT2D eigenvalue weighted by Crippen LogP contribution is 2.29. The lowest BCUT2D eigenvalue weighted by atomic mass is 9.99. The van der Waals surface area contributed by atoms with Crippen molar-refractivity contribution in [2.45, 2.75) is 6.42 Å². The molecule has 1 aromatic carbocycles. The molecule has 0 amide bonds. The Bertz CT molecular complexity index is 917. The van der Waals surface area contributed by atoms with E-state index in [0.717, 1.165) is 28.2 Å². The fourth-order valence-electron chi connectivity index (χ4n) is 2.76. The van der Waals surface area contributed by atoms with Crippen LogP contribution in [0.2, 0.25) is 0 Å². The Labute approximate surface area is 123 Å². The van der Waals surface area contributed by atoms with Crippen LogP contribution in [0, 0.1) is 0 Å². The van der Waals surface area contributed by atoms with Crippen LogP contribution in [0.15, 0.2) is 73.1 Å². The normalized spacial score (nSPS) is 14.4. The van der Waals surface area contributed by atoms with E-state index >= 15 is 0 Å². The monoisotopic (exact) mass is 270 g/mol. The molecule has 0 fully saturated rings. The smallest absolute Gasteiger partial charge is 0.0970 e. The van der Waals surface area contributed by atoms with Crippen LogP contribution in [0.1, 0.15) is 12.0 Å². The van der Waals surface area contributed by atoms with Gasteiger partial charge in [0.1, 0.15) is 0 Å². The SMILES string of the molecule is C1=CCC=CC(c2ccnc3c2ccc2cccnc23)=C1. The maximum Gasteiger partial charge on any atom is 0.0970 e. The average molecular weight is 270 g/mol. The fraction of sp³-hybridized carbons (Fsp3) is 0.0526. The van der Waals surface area contributed by atoms with Crippen LogP contribution in [0.3, 0.4) is 0 Å². The van der Waals surface area contributed by atoms with Crippen molar-refractivity contribution >= 4 is 27.4 Å². The summed E-state index contributed by atoms with van der Waals surface area (Å²) in [5.41, 5.74) is 4.35. The van der Waals surface area contributed by atoms with E-state index in [-0.39, 0.29) is 0 Å². The van der Waals surface area contributed by atoms with Gasteiger partial charge in [-0.15, -0.1) is 0 Å². The molecule has 3 aromatic rings. The van der Waals surface area contributed by atoms with E-state index in [1.807, 2.05) is 18.5 Å². The zero-order valence-corrected chi connectivity index (χ0v) is 11.5. The molecule has 100 valence electrons. The van der Waals surface area contributed by atoms with E-state index in [2.05, 4.69) is 64.6 Å². The summed E-state index contributed by atoms with van der Waals surface area (Å²) in [4.78, 5) is 9.06. The van der Waals surface area contributed by atoms with Gasteiger partial charge in [0.25, 0.3) is 0 Å². The van der Waals surface area contributed by atoms with Crippen LogP contribution in [-0.4, -0.2) is 9.97 Å². The summed E-state index contributed by atoms with van der Waals surface area (Å²) < 4.78 is 0. The third-order valence-corrected chi connectivity index (χ3v) is 3.78. The highest BCUT2D eigenvalue weighted by Gasteiger charge is 2.08. The van der Waals surface area contributed by atoms with Crippen molar-refractivity contribution in [3.05, 3.63) is 78.7 Å². The van der Waals surface area contributed by atoms with Crippen LogP contribution < -0.4 is 0 Å². The van der Waals surface area contributed by atoms with Gasteiger partial charge in [-0.2, -0.15) is 0 Å². The maximum atomic E-state index is 4.56. The van der Waals surface area contributed by atoms with Crippen molar-refractivity contribution in [3.8, 4) is 0 Å². The Hall–Kier alpha value is -2.74. The number of aromatic nitrogens is 2. The Balaban J connectivity index is 2.05. The van der Waals surface area contributed by atoms with Gasteiger partial charge in [0.2, 0.25) is 0 Å². The van der Waals surface area contributed by atoms with E-state index in [1.165, 1.54) is 11.1 Å². The molecule has 21 heavy (non-hydrogen) atoms. The molecule has 1 aliphatic rings. The van der Waals surface area contributed by atoms with Gasteiger partial charge < -0.3 is 0 Å². The third kappa shape index (κ3) is 2.05. The first-order valence-electron chi connectivity index (χ1n) is 7.10. The van der Waals surface area contributed by atoms with Gasteiger partial charge in [-0.1, -0.05) is 48.6 Å². The average Bonchev–Trinajstić information content (AvgIpc) is 2.83. The minimum atomic E-state index is 0.964. The zero-order chi connectivity index (χ0) is 14.1. The van der Waals surface area contributed by atoms with Gasteiger partial charge in [-0.05, 0) is 29.7 Å². The fourth-order valence-corrected chi connectivity index (χ4v) is 2.76. The number of rotatable bonds is 1.